The van der Waals surface area contributed by atoms with Gasteiger partial charge in [0, 0.05) is 0 Å². The fourth-order valence-electron chi connectivity index (χ4n) is 1.06. The zero-order valence-electron chi connectivity index (χ0n) is 8.99. The van der Waals surface area contributed by atoms with Gasteiger partial charge in [-0.15, -0.1) is 5.54 Å². The molecule has 1 rings (SSSR count). The Labute approximate surface area is 81.1 Å². The Hall–Kier alpha value is -0.753. The van der Waals surface area contributed by atoms with Crippen LogP contribution in [0.5, 0.6) is 0 Å². The topological polar surface area (TPSA) is 29.1 Å². The van der Waals surface area contributed by atoms with Crippen molar-refractivity contribution in [2.24, 2.45) is 5.41 Å². The fraction of sp³-hybridized carbons (Fsp3) is 0.700. The lowest BCUT2D eigenvalue weighted by Crippen LogP contribution is -2.63. The van der Waals surface area contributed by atoms with Crippen molar-refractivity contribution in [3.8, 4) is 11.5 Å². The standard InChI is InChI=1S/C10H17NOSi/c1-10(2)8(11-9(10)12)6-7-13(3,4)5/h8H,1-5H3,(H,11,12). The lowest BCUT2D eigenvalue weighted by molar-refractivity contribution is -0.140. The first-order valence-corrected chi connectivity index (χ1v) is 8.07. The molecule has 0 bridgehead atoms. The molecule has 13 heavy (non-hydrogen) atoms. The smallest absolute Gasteiger partial charge is 0.229 e. The summed E-state index contributed by atoms with van der Waals surface area (Å²) in [6.45, 7) is 10.5. The predicted octanol–water partition coefficient (Wildman–Crippen LogP) is 1.39. The van der Waals surface area contributed by atoms with E-state index in [1.807, 2.05) is 13.8 Å². The summed E-state index contributed by atoms with van der Waals surface area (Å²) in [6.07, 6.45) is 0. The number of hydrogen-bond donors (Lipinski definition) is 1. The van der Waals surface area contributed by atoms with Crippen LogP contribution in [0.3, 0.4) is 0 Å². The molecule has 1 amide bonds. The van der Waals surface area contributed by atoms with E-state index in [1.54, 1.807) is 0 Å². The molecule has 1 N–H and O–H groups in total. The first-order chi connectivity index (χ1) is 5.73. The van der Waals surface area contributed by atoms with E-state index in [-0.39, 0.29) is 17.4 Å². The molecule has 0 aromatic carbocycles. The van der Waals surface area contributed by atoms with Gasteiger partial charge in [0.2, 0.25) is 5.91 Å². The first-order valence-electron chi connectivity index (χ1n) is 4.57. The number of carbonyl (C=O) groups excluding carboxylic acids is 1. The summed E-state index contributed by atoms with van der Waals surface area (Å²) < 4.78 is 0. The van der Waals surface area contributed by atoms with Crippen LogP contribution >= 0.6 is 0 Å². The van der Waals surface area contributed by atoms with Crippen molar-refractivity contribution in [2.45, 2.75) is 39.5 Å². The molecular formula is C10H17NOSi. The molecule has 1 aliphatic rings. The molecule has 2 nitrogen and oxygen atoms in total. The van der Waals surface area contributed by atoms with Gasteiger partial charge in [0.1, 0.15) is 14.1 Å². The number of β-lactam (4-membered cyclic amide) rings is 1. The molecule has 1 saturated heterocycles. The normalized spacial score (nSPS) is 25.3. The van der Waals surface area contributed by atoms with E-state index in [0.717, 1.165) is 0 Å². The van der Waals surface area contributed by atoms with Crippen LogP contribution < -0.4 is 5.32 Å². The summed E-state index contributed by atoms with van der Waals surface area (Å²) in [6, 6.07) is 0.0618. The van der Waals surface area contributed by atoms with E-state index in [1.165, 1.54) is 0 Å². The van der Waals surface area contributed by atoms with Crippen molar-refractivity contribution < 1.29 is 4.79 Å². The van der Waals surface area contributed by atoms with Crippen molar-refractivity contribution in [1.29, 1.82) is 0 Å². The summed E-state index contributed by atoms with van der Waals surface area (Å²) in [5, 5.41) is 2.82. The number of hydrogen-bond acceptors (Lipinski definition) is 1. The molecule has 1 atom stereocenters. The molecule has 1 unspecified atom stereocenters. The maximum atomic E-state index is 11.1. The molecule has 1 heterocycles. The molecule has 0 saturated carbocycles. The highest BCUT2D eigenvalue weighted by Gasteiger charge is 2.46. The van der Waals surface area contributed by atoms with E-state index in [4.69, 9.17) is 0 Å². The average Bonchev–Trinajstić information content (AvgIpc) is 1.95. The third-order valence-corrected chi connectivity index (χ3v) is 3.07. The summed E-state index contributed by atoms with van der Waals surface area (Å²) in [5.74, 6) is 3.27. The van der Waals surface area contributed by atoms with Gasteiger partial charge in [0.15, 0.2) is 0 Å². The van der Waals surface area contributed by atoms with Crippen LogP contribution in [-0.4, -0.2) is 20.0 Å². The second-order valence-corrected chi connectivity index (χ2v) is 9.90. The van der Waals surface area contributed by atoms with Crippen LogP contribution in [0, 0.1) is 16.9 Å². The third-order valence-electron chi connectivity index (χ3n) is 2.17. The van der Waals surface area contributed by atoms with Crippen LogP contribution in [0.15, 0.2) is 0 Å². The lowest BCUT2D eigenvalue weighted by atomic mass is 9.77. The van der Waals surface area contributed by atoms with Gasteiger partial charge >= 0.3 is 0 Å². The lowest BCUT2D eigenvalue weighted by Gasteiger charge is -2.40. The van der Waals surface area contributed by atoms with E-state index >= 15 is 0 Å². The zero-order chi connectivity index (χ0) is 10.3. The highest BCUT2D eigenvalue weighted by molar-refractivity contribution is 6.83. The first kappa shape index (κ1) is 10.3. The van der Waals surface area contributed by atoms with Crippen LogP contribution in [0.4, 0.5) is 0 Å². The van der Waals surface area contributed by atoms with E-state index in [9.17, 15) is 4.79 Å². The second kappa shape index (κ2) is 2.88. The predicted molar refractivity (Wildman–Crippen MR) is 56.8 cm³/mol. The van der Waals surface area contributed by atoms with Gasteiger partial charge in [-0.1, -0.05) is 25.6 Å². The number of nitrogens with one attached hydrogen (secondary N) is 1. The van der Waals surface area contributed by atoms with Gasteiger partial charge in [-0.2, -0.15) is 0 Å². The Bertz CT molecular complexity index is 290. The molecule has 1 aliphatic heterocycles. The van der Waals surface area contributed by atoms with Gasteiger partial charge in [-0.3, -0.25) is 4.79 Å². The fourth-order valence-corrected chi connectivity index (χ4v) is 1.63. The number of rotatable bonds is 0. The minimum Gasteiger partial charge on any atom is -0.341 e. The molecule has 1 fully saturated rings. The van der Waals surface area contributed by atoms with E-state index in [2.05, 4.69) is 36.4 Å². The summed E-state index contributed by atoms with van der Waals surface area (Å²) >= 11 is 0. The van der Waals surface area contributed by atoms with Crippen LogP contribution in [0.1, 0.15) is 13.8 Å². The van der Waals surface area contributed by atoms with Crippen LogP contribution in [0.25, 0.3) is 0 Å². The number of amides is 1. The summed E-state index contributed by atoms with van der Waals surface area (Å²) in [7, 11) is -1.30. The molecule has 0 aliphatic carbocycles. The van der Waals surface area contributed by atoms with Gasteiger partial charge in [0.05, 0.1) is 5.41 Å². The Kier molecular flexibility index (Phi) is 2.29. The molecular weight excluding hydrogens is 178 g/mol. The molecule has 0 aromatic rings. The van der Waals surface area contributed by atoms with Crippen LogP contribution in [-0.2, 0) is 4.79 Å². The van der Waals surface area contributed by atoms with E-state index < -0.39 is 8.07 Å². The SMILES string of the molecule is CC1(C)C(=O)NC1C#C[Si](C)(C)C. The largest absolute Gasteiger partial charge is 0.341 e. The molecule has 0 aromatic heterocycles. The van der Waals surface area contributed by atoms with Crippen molar-refractivity contribution >= 4 is 14.0 Å². The molecule has 0 spiro atoms. The van der Waals surface area contributed by atoms with Gasteiger partial charge < -0.3 is 5.32 Å². The second-order valence-electron chi connectivity index (χ2n) is 5.15. The average molecular weight is 195 g/mol. The number of carbonyl (C=O) groups is 1. The minimum absolute atomic E-state index is 0.0618. The summed E-state index contributed by atoms with van der Waals surface area (Å²) in [4.78, 5) is 11.1. The Morgan fingerprint density at radius 1 is 1.38 bits per heavy atom. The Balaban J connectivity index is 2.68. The van der Waals surface area contributed by atoms with Gasteiger partial charge in [0.25, 0.3) is 0 Å². The van der Waals surface area contributed by atoms with Crippen LogP contribution in [0.2, 0.25) is 19.6 Å². The maximum Gasteiger partial charge on any atom is 0.229 e. The highest BCUT2D eigenvalue weighted by atomic mass is 28.3. The van der Waals surface area contributed by atoms with E-state index in [0.29, 0.717) is 0 Å². The quantitative estimate of drug-likeness (QED) is 0.353. The molecule has 3 heteroatoms. The van der Waals surface area contributed by atoms with Crippen molar-refractivity contribution in [1.82, 2.24) is 5.32 Å². The minimum atomic E-state index is -1.30. The van der Waals surface area contributed by atoms with Gasteiger partial charge in [-0.05, 0) is 13.8 Å². The molecule has 0 radical (unpaired) electrons. The summed E-state index contributed by atoms with van der Waals surface area (Å²) in [5.41, 5.74) is 2.99. The maximum absolute atomic E-state index is 11.1. The molecule has 72 valence electrons. The highest BCUT2D eigenvalue weighted by Crippen LogP contribution is 2.28. The monoisotopic (exact) mass is 195 g/mol. The van der Waals surface area contributed by atoms with Gasteiger partial charge in [-0.25, -0.2) is 0 Å². The Morgan fingerprint density at radius 2 is 1.92 bits per heavy atom. The third kappa shape index (κ3) is 2.13. The van der Waals surface area contributed by atoms with Crippen molar-refractivity contribution in [3.63, 3.8) is 0 Å². The van der Waals surface area contributed by atoms with Crippen molar-refractivity contribution in [3.05, 3.63) is 0 Å². The zero-order valence-corrected chi connectivity index (χ0v) is 9.99. The van der Waals surface area contributed by atoms with Crippen molar-refractivity contribution in [2.75, 3.05) is 0 Å². The Morgan fingerprint density at radius 3 is 2.23 bits per heavy atom.